The highest BCUT2D eigenvalue weighted by Crippen LogP contribution is 2.35. The third-order valence-electron chi connectivity index (χ3n) is 5.79. The van der Waals surface area contributed by atoms with Crippen LogP contribution in [0.1, 0.15) is 35.7 Å². The van der Waals surface area contributed by atoms with Gasteiger partial charge in [0, 0.05) is 5.56 Å². The van der Waals surface area contributed by atoms with Gasteiger partial charge in [0.1, 0.15) is 17.4 Å². The zero-order chi connectivity index (χ0) is 22.7. The van der Waals surface area contributed by atoms with Crippen molar-refractivity contribution in [3.05, 3.63) is 89.5 Å². The normalized spacial score (nSPS) is 11.0. The second-order valence-electron chi connectivity index (χ2n) is 7.85. The Morgan fingerprint density at radius 3 is 2.22 bits per heavy atom. The number of aldehydes is 1. The highest BCUT2D eigenvalue weighted by Gasteiger charge is 2.17. The number of hydrogen-bond donors (Lipinski definition) is 0. The van der Waals surface area contributed by atoms with Crippen LogP contribution in [0.4, 0.5) is 8.78 Å². The molecule has 4 heteroatoms. The van der Waals surface area contributed by atoms with Crippen LogP contribution in [0, 0.1) is 11.6 Å². The third kappa shape index (κ3) is 4.13. The largest absolute Gasteiger partial charge is 0.497 e. The van der Waals surface area contributed by atoms with E-state index in [2.05, 4.69) is 13.0 Å². The topological polar surface area (TPSA) is 26.3 Å². The first-order valence-corrected chi connectivity index (χ1v) is 10.7. The average molecular weight is 430 g/mol. The minimum absolute atomic E-state index is 0.106. The van der Waals surface area contributed by atoms with Gasteiger partial charge in [0.25, 0.3) is 0 Å². The molecule has 0 atom stereocenters. The Kier molecular flexibility index (Phi) is 6.31. The first-order valence-electron chi connectivity index (χ1n) is 10.7. The van der Waals surface area contributed by atoms with E-state index in [-0.39, 0.29) is 5.56 Å². The summed E-state index contributed by atoms with van der Waals surface area (Å²) >= 11 is 0. The lowest BCUT2D eigenvalue weighted by molar-refractivity contribution is 0.112. The maximum absolute atomic E-state index is 15.0. The van der Waals surface area contributed by atoms with Crippen molar-refractivity contribution in [2.24, 2.45) is 0 Å². The van der Waals surface area contributed by atoms with Gasteiger partial charge in [-0.1, -0.05) is 55.8 Å². The molecule has 0 saturated carbocycles. The molecule has 0 saturated heterocycles. The fourth-order valence-corrected chi connectivity index (χ4v) is 4.08. The number of benzene rings is 4. The number of halogens is 2. The van der Waals surface area contributed by atoms with E-state index in [1.165, 1.54) is 24.8 Å². The molecule has 0 N–H and O–H groups in total. The second kappa shape index (κ2) is 9.31. The Morgan fingerprint density at radius 1 is 0.875 bits per heavy atom. The molecule has 0 aromatic heterocycles. The number of carbonyl (C=O) groups excluding carboxylic acids is 1. The summed E-state index contributed by atoms with van der Waals surface area (Å²) in [4.78, 5) is 12.0. The number of ether oxygens (including phenoxy) is 1. The SMILES string of the molecule is CCCCc1ccc2c(C=O)c(-c3cc(F)c(-c4ccc(OC)cc4)c(F)c3)ccc2c1. The van der Waals surface area contributed by atoms with Crippen LogP contribution in [0.25, 0.3) is 33.0 Å². The molecule has 0 aliphatic heterocycles. The Bertz CT molecular complexity index is 1250. The predicted octanol–water partition coefficient (Wildman–Crippen LogP) is 7.62. The summed E-state index contributed by atoms with van der Waals surface area (Å²) in [5, 5.41) is 1.72. The molecule has 2 nitrogen and oxygen atoms in total. The Balaban J connectivity index is 1.78. The lowest BCUT2D eigenvalue weighted by Gasteiger charge is -2.13. The van der Waals surface area contributed by atoms with E-state index in [1.54, 1.807) is 30.3 Å². The number of methoxy groups -OCH3 is 1. The van der Waals surface area contributed by atoms with Gasteiger partial charge in [-0.25, -0.2) is 8.78 Å². The van der Waals surface area contributed by atoms with Crippen LogP contribution in [0.5, 0.6) is 5.75 Å². The summed E-state index contributed by atoms with van der Waals surface area (Å²) in [5.41, 5.74) is 2.79. The van der Waals surface area contributed by atoms with Crippen LogP contribution in [-0.2, 0) is 6.42 Å². The Labute approximate surface area is 186 Å². The molecule has 0 fully saturated rings. The van der Waals surface area contributed by atoms with Gasteiger partial charge in [-0.05, 0) is 70.1 Å². The Hall–Kier alpha value is -3.53. The fraction of sp³-hybridized carbons (Fsp3) is 0.179. The minimum atomic E-state index is -0.683. The quantitative estimate of drug-likeness (QED) is 0.282. The molecule has 4 rings (SSSR count). The van der Waals surface area contributed by atoms with Crippen LogP contribution in [0.15, 0.2) is 66.7 Å². The number of hydrogen-bond acceptors (Lipinski definition) is 2. The van der Waals surface area contributed by atoms with E-state index in [0.717, 1.165) is 36.3 Å². The van der Waals surface area contributed by atoms with Gasteiger partial charge in [0.2, 0.25) is 0 Å². The van der Waals surface area contributed by atoms with E-state index >= 15 is 8.78 Å². The Morgan fingerprint density at radius 2 is 1.59 bits per heavy atom. The lowest BCUT2D eigenvalue weighted by Crippen LogP contribution is -1.96. The fourth-order valence-electron chi connectivity index (χ4n) is 4.08. The van der Waals surface area contributed by atoms with Crippen molar-refractivity contribution in [2.75, 3.05) is 7.11 Å². The van der Waals surface area contributed by atoms with E-state index in [9.17, 15) is 4.79 Å². The molecule has 0 unspecified atom stereocenters. The summed E-state index contributed by atoms with van der Waals surface area (Å²) in [6.07, 6.45) is 3.95. The van der Waals surface area contributed by atoms with Crippen molar-refractivity contribution in [1.29, 1.82) is 0 Å². The van der Waals surface area contributed by atoms with Crippen LogP contribution in [-0.4, -0.2) is 13.4 Å². The highest BCUT2D eigenvalue weighted by molar-refractivity contribution is 6.04. The second-order valence-corrected chi connectivity index (χ2v) is 7.85. The molecule has 0 aliphatic carbocycles. The summed E-state index contributed by atoms with van der Waals surface area (Å²) in [6.45, 7) is 2.15. The van der Waals surface area contributed by atoms with Crippen molar-refractivity contribution in [3.8, 4) is 28.0 Å². The van der Waals surface area contributed by atoms with Crippen molar-refractivity contribution >= 4 is 17.1 Å². The molecule has 4 aromatic carbocycles. The molecule has 162 valence electrons. The van der Waals surface area contributed by atoms with Crippen molar-refractivity contribution < 1.29 is 18.3 Å². The third-order valence-corrected chi connectivity index (χ3v) is 5.79. The summed E-state index contributed by atoms with van der Waals surface area (Å²) in [6, 6.07) is 18.8. The van der Waals surface area contributed by atoms with Gasteiger partial charge >= 0.3 is 0 Å². The monoisotopic (exact) mass is 430 g/mol. The number of unbranched alkanes of at least 4 members (excludes halogenated alkanes) is 1. The molecule has 4 aromatic rings. The van der Waals surface area contributed by atoms with Crippen LogP contribution in [0.3, 0.4) is 0 Å². The summed E-state index contributed by atoms with van der Waals surface area (Å²) in [5.74, 6) is -0.759. The number of carbonyl (C=O) groups is 1. The maximum atomic E-state index is 15.0. The first kappa shape index (κ1) is 21.7. The molecular weight excluding hydrogens is 406 g/mol. The van der Waals surface area contributed by atoms with Gasteiger partial charge in [-0.3, -0.25) is 4.79 Å². The van der Waals surface area contributed by atoms with Gasteiger partial charge in [0.15, 0.2) is 6.29 Å². The summed E-state index contributed by atoms with van der Waals surface area (Å²) < 4.78 is 35.2. The van der Waals surface area contributed by atoms with Crippen LogP contribution in [0.2, 0.25) is 0 Å². The average Bonchev–Trinajstić information content (AvgIpc) is 2.81. The number of rotatable bonds is 7. The maximum Gasteiger partial charge on any atom is 0.151 e. The van der Waals surface area contributed by atoms with Gasteiger partial charge in [0.05, 0.1) is 12.7 Å². The number of fused-ring (bicyclic) bond motifs is 1. The smallest absolute Gasteiger partial charge is 0.151 e. The first-order chi connectivity index (χ1) is 15.5. The molecular formula is C28H24F2O2. The molecule has 32 heavy (non-hydrogen) atoms. The molecule has 0 spiro atoms. The van der Waals surface area contributed by atoms with Crippen molar-refractivity contribution in [1.82, 2.24) is 0 Å². The van der Waals surface area contributed by atoms with Crippen LogP contribution < -0.4 is 4.74 Å². The molecule has 0 amide bonds. The predicted molar refractivity (Wildman–Crippen MR) is 125 cm³/mol. The van der Waals surface area contributed by atoms with Crippen molar-refractivity contribution in [3.63, 3.8) is 0 Å². The standard InChI is InChI=1S/C28H24F2O2/c1-3-4-5-18-6-12-23-20(14-18)9-13-24(25(23)17-31)21-15-26(29)28(27(30)16-21)19-7-10-22(32-2)11-8-19/h6-17H,3-5H2,1-2H3. The van der Waals surface area contributed by atoms with Gasteiger partial charge in [-0.2, -0.15) is 0 Å². The highest BCUT2D eigenvalue weighted by atomic mass is 19.1. The molecule has 0 radical (unpaired) electrons. The minimum Gasteiger partial charge on any atom is -0.497 e. The van der Waals surface area contributed by atoms with Crippen molar-refractivity contribution in [2.45, 2.75) is 26.2 Å². The number of aryl methyl sites for hydroxylation is 1. The van der Waals surface area contributed by atoms with E-state index in [0.29, 0.717) is 28.0 Å². The molecule has 0 bridgehead atoms. The molecule has 0 aliphatic rings. The lowest BCUT2D eigenvalue weighted by atomic mass is 9.92. The summed E-state index contributed by atoms with van der Waals surface area (Å²) in [7, 11) is 1.53. The van der Waals surface area contributed by atoms with Gasteiger partial charge < -0.3 is 4.74 Å². The van der Waals surface area contributed by atoms with Crippen LogP contribution >= 0.6 is 0 Å². The zero-order valence-electron chi connectivity index (χ0n) is 18.1. The zero-order valence-corrected chi connectivity index (χ0v) is 18.1. The van der Waals surface area contributed by atoms with Gasteiger partial charge in [-0.15, -0.1) is 0 Å². The van der Waals surface area contributed by atoms with E-state index < -0.39 is 11.6 Å². The molecule has 0 heterocycles. The van der Waals surface area contributed by atoms with E-state index in [1.807, 2.05) is 18.2 Å². The van der Waals surface area contributed by atoms with E-state index in [4.69, 9.17) is 4.74 Å².